The Morgan fingerprint density at radius 3 is 2.50 bits per heavy atom. The molecule has 0 aromatic heterocycles. The highest BCUT2D eigenvalue weighted by Gasteiger charge is 2.60. The lowest BCUT2D eigenvalue weighted by atomic mass is 9.84. The monoisotopic (exact) mass is 439 g/mol. The molecule has 4 rings (SSSR count). The summed E-state index contributed by atoms with van der Waals surface area (Å²) in [6, 6.07) is 4.55. The number of rotatable bonds is 3. The number of amidine groups is 1. The zero-order valence-electron chi connectivity index (χ0n) is 17.0. The Kier molecular flexibility index (Phi) is 5.12. The Hall–Kier alpha value is -2.08. The van der Waals surface area contributed by atoms with Gasteiger partial charge in [-0.2, -0.15) is 8.42 Å². The van der Waals surface area contributed by atoms with E-state index in [4.69, 9.17) is 9.47 Å². The van der Waals surface area contributed by atoms with Crippen molar-refractivity contribution in [3.8, 4) is 0 Å². The molecule has 3 saturated heterocycles. The van der Waals surface area contributed by atoms with Crippen LogP contribution in [-0.2, 0) is 19.5 Å². The maximum absolute atomic E-state index is 12.8. The highest BCUT2D eigenvalue weighted by atomic mass is 32.2. The maximum Gasteiger partial charge on any atom is 0.283 e. The summed E-state index contributed by atoms with van der Waals surface area (Å²) in [7, 11) is -4.00. The standard InChI is InChI=1S/C19H25N3O7S/c1-11-4-6-12(7-5-11)30(26,27)20-15-9-8-13(22(24)25)16-18-17(14(23)10-21(15)16)28-19(2,3)29-18/h4-7,13-14,16-18,23H,8-10H2,1-3H3/b20-15-/t13-,14-,16-,17+,18-/m1/s1. The molecule has 30 heavy (non-hydrogen) atoms. The van der Waals surface area contributed by atoms with Gasteiger partial charge in [0.05, 0.1) is 4.90 Å². The molecule has 0 spiro atoms. The van der Waals surface area contributed by atoms with Crippen LogP contribution in [0.25, 0.3) is 0 Å². The van der Waals surface area contributed by atoms with E-state index in [1.807, 2.05) is 6.92 Å². The van der Waals surface area contributed by atoms with Crippen molar-refractivity contribution >= 4 is 15.9 Å². The predicted molar refractivity (Wildman–Crippen MR) is 106 cm³/mol. The lowest BCUT2D eigenvalue weighted by Crippen LogP contribution is -2.68. The number of nitrogens with zero attached hydrogens (tertiary/aromatic N) is 3. The number of nitro groups is 1. The van der Waals surface area contributed by atoms with Crippen LogP contribution in [0.2, 0.25) is 0 Å². The number of aliphatic hydroxyl groups is 1. The van der Waals surface area contributed by atoms with Crippen LogP contribution in [0.5, 0.6) is 0 Å². The van der Waals surface area contributed by atoms with Crippen LogP contribution in [0.3, 0.4) is 0 Å². The van der Waals surface area contributed by atoms with Crippen molar-refractivity contribution in [1.29, 1.82) is 0 Å². The van der Waals surface area contributed by atoms with Crippen molar-refractivity contribution in [2.75, 3.05) is 6.54 Å². The van der Waals surface area contributed by atoms with Gasteiger partial charge in [-0.25, -0.2) is 0 Å². The molecule has 0 bridgehead atoms. The molecule has 10 nitrogen and oxygen atoms in total. The minimum Gasteiger partial charge on any atom is -0.388 e. The molecular formula is C19H25N3O7S. The van der Waals surface area contributed by atoms with Gasteiger partial charge in [0, 0.05) is 24.3 Å². The number of benzene rings is 1. The third-order valence-electron chi connectivity index (χ3n) is 5.83. The molecule has 3 fully saturated rings. The van der Waals surface area contributed by atoms with Crippen LogP contribution < -0.4 is 0 Å². The van der Waals surface area contributed by atoms with Gasteiger partial charge >= 0.3 is 0 Å². The minimum absolute atomic E-state index is 0.0160. The second-order valence-electron chi connectivity index (χ2n) is 8.46. The molecule has 0 unspecified atom stereocenters. The number of piperidine rings is 2. The van der Waals surface area contributed by atoms with E-state index < -0.39 is 46.2 Å². The normalized spacial score (nSPS) is 34.5. The molecule has 3 aliphatic rings. The molecule has 0 saturated carbocycles. The van der Waals surface area contributed by atoms with Gasteiger partial charge in [0.2, 0.25) is 6.04 Å². The molecule has 1 aromatic carbocycles. The first-order chi connectivity index (χ1) is 14.0. The molecule has 1 N–H and O–H groups in total. The van der Waals surface area contributed by atoms with Crippen LogP contribution >= 0.6 is 0 Å². The van der Waals surface area contributed by atoms with Crippen molar-refractivity contribution in [1.82, 2.24) is 4.90 Å². The lowest BCUT2D eigenvalue weighted by Gasteiger charge is -2.47. The molecule has 0 radical (unpaired) electrons. The van der Waals surface area contributed by atoms with E-state index in [1.165, 1.54) is 17.0 Å². The molecule has 1 aromatic rings. The van der Waals surface area contributed by atoms with Crippen molar-refractivity contribution in [3.05, 3.63) is 39.9 Å². The van der Waals surface area contributed by atoms with E-state index in [0.717, 1.165) is 5.56 Å². The number of hydrogen-bond donors (Lipinski definition) is 1. The van der Waals surface area contributed by atoms with Crippen molar-refractivity contribution in [2.45, 2.75) is 74.7 Å². The molecule has 3 heterocycles. The topological polar surface area (TPSA) is 132 Å². The Balaban J connectivity index is 1.72. The number of hydrogen-bond acceptors (Lipinski definition) is 7. The zero-order chi connectivity index (χ0) is 21.8. The highest BCUT2D eigenvalue weighted by Crippen LogP contribution is 2.41. The van der Waals surface area contributed by atoms with Gasteiger partial charge in [-0.3, -0.25) is 10.1 Å². The quantitative estimate of drug-likeness (QED) is 0.547. The van der Waals surface area contributed by atoms with E-state index in [-0.39, 0.29) is 35.0 Å². The van der Waals surface area contributed by atoms with E-state index in [2.05, 4.69) is 4.40 Å². The average Bonchev–Trinajstić information content (AvgIpc) is 2.98. The molecule has 3 aliphatic heterocycles. The van der Waals surface area contributed by atoms with Gasteiger partial charge in [-0.15, -0.1) is 4.40 Å². The van der Waals surface area contributed by atoms with Gasteiger partial charge in [0.15, 0.2) is 5.79 Å². The van der Waals surface area contributed by atoms with Crippen molar-refractivity contribution in [3.63, 3.8) is 0 Å². The van der Waals surface area contributed by atoms with Crippen LogP contribution in [0.1, 0.15) is 32.3 Å². The van der Waals surface area contributed by atoms with Crippen molar-refractivity contribution < 1.29 is 27.9 Å². The summed E-state index contributed by atoms with van der Waals surface area (Å²) in [5.74, 6) is -0.805. The summed E-state index contributed by atoms with van der Waals surface area (Å²) in [5, 5.41) is 22.4. The third-order valence-corrected chi connectivity index (χ3v) is 7.15. The van der Waals surface area contributed by atoms with E-state index in [0.29, 0.717) is 0 Å². The largest absolute Gasteiger partial charge is 0.388 e. The molecule has 164 valence electrons. The Bertz CT molecular complexity index is 976. The predicted octanol–water partition coefficient (Wildman–Crippen LogP) is 1.09. The van der Waals surface area contributed by atoms with Gasteiger partial charge in [0.1, 0.15) is 30.2 Å². The number of fused-ring (bicyclic) bond motifs is 3. The summed E-state index contributed by atoms with van der Waals surface area (Å²) < 4.78 is 41.4. The Labute approximate surface area is 174 Å². The fourth-order valence-corrected chi connectivity index (χ4v) is 5.57. The minimum atomic E-state index is -4.00. The summed E-state index contributed by atoms with van der Waals surface area (Å²) >= 11 is 0. The zero-order valence-corrected chi connectivity index (χ0v) is 17.8. The second kappa shape index (κ2) is 7.26. The van der Waals surface area contributed by atoms with Crippen LogP contribution in [-0.4, -0.2) is 71.9 Å². The molecule has 0 amide bonds. The summed E-state index contributed by atoms with van der Waals surface area (Å²) in [5.41, 5.74) is 0.916. The number of aliphatic hydroxyl groups excluding tert-OH is 1. The van der Waals surface area contributed by atoms with E-state index in [9.17, 15) is 23.6 Å². The fraction of sp³-hybridized carbons (Fsp3) is 0.632. The highest BCUT2D eigenvalue weighted by molar-refractivity contribution is 7.90. The number of ether oxygens (including phenoxy) is 2. The molecule has 5 atom stereocenters. The molecule has 11 heteroatoms. The van der Waals surface area contributed by atoms with Crippen LogP contribution in [0.15, 0.2) is 33.6 Å². The second-order valence-corrected chi connectivity index (χ2v) is 10.1. The van der Waals surface area contributed by atoms with Gasteiger partial charge in [0.25, 0.3) is 10.0 Å². The van der Waals surface area contributed by atoms with Crippen LogP contribution in [0, 0.1) is 17.0 Å². The van der Waals surface area contributed by atoms with Gasteiger partial charge < -0.3 is 19.5 Å². The summed E-state index contributed by atoms with van der Waals surface area (Å²) in [6.45, 7) is 5.20. The first-order valence-corrected chi connectivity index (χ1v) is 11.3. The van der Waals surface area contributed by atoms with Gasteiger partial charge in [-0.1, -0.05) is 17.7 Å². The smallest absolute Gasteiger partial charge is 0.283 e. The SMILES string of the molecule is Cc1ccc(S(=O)(=O)/N=C2/CC[C@@H]([N+](=O)[O-])[C@@H]3[C@H]4OC(C)(C)O[C@H]4[C@H](O)CN23)cc1. The van der Waals surface area contributed by atoms with Crippen LogP contribution in [0.4, 0.5) is 0 Å². The van der Waals surface area contributed by atoms with Gasteiger partial charge in [-0.05, 0) is 32.9 Å². The average molecular weight is 439 g/mol. The Morgan fingerprint density at radius 1 is 1.23 bits per heavy atom. The third kappa shape index (κ3) is 3.70. The summed E-state index contributed by atoms with van der Waals surface area (Å²) in [6.07, 6.45) is -2.25. The first kappa shape index (κ1) is 21.2. The Morgan fingerprint density at radius 2 is 1.87 bits per heavy atom. The van der Waals surface area contributed by atoms with E-state index in [1.54, 1.807) is 26.0 Å². The maximum atomic E-state index is 12.8. The number of sulfonamides is 1. The lowest BCUT2D eigenvalue weighted by molar-refractivity contribution is -0.535. The molecule has 0 aliphatic carbocycles. The van der Waals surface area contributed by atoms with E-state index >= 15 is 0 Å². The first-order valence-electron chi connectivity index (χ1n) is 9.83. The molecular weight excluding hydrogens is 414 g/mol. The number of aryl methyl sites for hydroxylation is 1. The van der Waals surface area contributed by atoms with Crippen molar-refractivity contribution in [2.24, 2.45) is 4.40 Å². The fourth-order valence-electron chi connectivity index (χ4n) is 4.51. The summed E-state index contributed by atoms with van der Waals surface area (Å²) in [4.78, 5) is 13.0.